The van der Waals surface area contributed by atoms with Gasteiger partial charge in [0.25, 0.3) is 0 Å². The van der Waals surface area contributed by atoms with Gasteiger partial charge in [0.05, 0.1) is 0 Å². The molecule has 0 aliphatic carbocycles. The first-order chi connectivity index (χ1) is 9.74. The maximum absolute atomic E-state index is 10.4. The van der Waals surface area contributed by atoms with Crippen LogP contribution in [0, 0.1) is 0 Å². The summed E-state index contributed by atoms with van der Waals surface area (Å²) in [7, 11) is 0. The third-order valence-corrected chi connectivity index (χ3v) is 2.65. The summed E-state index contributed by atoms with van der Waals surface area (Å²) in [4.78, 5) is 14.6. The first kappa shape index (κ1) is 14.0. The number of carboxylic acid groups (broad SMARTS) is 1. The molecule has 1 heterocycles. The highest BCUT2D eigenvalue weighted by Crippen LogP contribution is 2.11. The number of aromatic nitrogens is 2. The molecule has 2 aromatic rings. The van der Waals surface area contributed by atoms with Crippen molar-refractivity contribution >= 4 is 5.97 Å². The van der Waals surface area contributed by atoms with Gasteiger partial charge in [0, 0.05) is 12.8 Å². The lowest BCUT2D eigenvalue weighted by Gasteiger charge is -2.01. The second-order valence-corrected chi connectivity index (χ2v) is 4.31. The van der Waals surface area contributed by atoms with Gasteiger partial charge in [-0.1, -0.05) is 23.4 Å². The summed E-state index contributed by atoms with van der Waals surface area (Å²) in [5.74, 6) is 0.969. The molecule has 0 fully saturated rings. The Morgan fingerprint density at radius 3 is 2.80 bits per heavy atom. The van der Waals surface area contributed by atoms with E-state index in [0.29, 0.717) is 31.0 Å². The number of nitrogens with zero attached hydrogens (tertiary/aromatic N) is 2. The molecule has 106 valence electrons. The molecule has 2 rings (SSSR count). The molecular formula is C14H16N2O4. The number of aliphatic carboxylic acids is 1. The summed E-state index contributed by atoms with van der Waals surface area (Å²) in [5, 5.41) is 12.3. The van der Waals surface area contributed by atoms with Gasteiger partial charge in [-0.25, -0.2) is 0 Å². The standard InChI is InChI=1S/C14H16N2O4/c17-14(18)9-5-4-8-13-15-12(16-20-13)10-19-11-6-2-1-3-7-11/h1-3,6-7H,4-5,8-10H2,(H,17,18). The minimum Gasteiger partial charge on any atom is -0.485 e. The Hall–Kier alpha value is -2.37. The summed E-state index contributed by atoms with van der Waals surface area (Å²) in [6, 6.07) is 9.40. The molecule has 6 heteroatoms. The van der Waals surface area contributed by atoms with Crippen LogP contribution in [-0.4, -0.2) is 21.2 Å². The van der Waals surface area contributed by atoms with Crippen molar-refractivity contribution in [1.29, 1.82) is 0 Å². The SMILES string of the molecule is O=C(O)CCCCc1nc(COc2ccccc2)no1. The van der Waals surface area contributed by atoms with Gasteiger partial charge in [0.2, 0.25) is 11.7 Å². The van der Waals surface area contributed by atoms with E-state index in [2.05, 4.69) is 10.1 Å². The lowest BCUT2D eigenvalue weighted by atomic mass is 10.2. The molecule has 0 aliphatic rings. The third-order valence-electron chi connectivity index (χ3n) is 2.65. The molecule has 20 heavy (non-hydrogen) atoms. The molecule has 0 unspecified atom stereocenters. The van der Waals surface area contributed by atoms with Gasteiger partial charge < -0.3 is 14.4 Å². The zero-order valence-corrected chi connectivity index (χ0v) is 11.0. The van der Waals surface area contributed by atoms with Crippen molar-refractivity contribution in [1.82, 2.24) is 10.1 Å². The van der Waals surface area contributed by atoms with E-state index in [9.17, 15) is 4.79 Å². The Kier molecular flexibility index (Phi) is 5.11. The van der Waals surface area contributed by atoms with E-state index in [4.69, 9.17) is 14.4 Å². The zero-order valence-electron chi connectivity index (χ0n) is 11.0. The molecule has 1 aromatic carbocycles. The molecule has 1 N–H and O–H groups in total. The Labute approximate surface area is 116 Å². The number of hydrogen-bond donors (Lipinski definition) is 1. The smallest absolute Gasteiger partial charge is 0.303 e. The van der Waals surface area contributed by atoms with Gasteiger partial charge in [-0.3, -0.25) is 4.79 Å². The molecule has 0 atom stereocenters. The predicted molar refractivity (Wildman–Crippen MR) is 70.3 cm³/mol. The zero-order chi connectivity index (χ0) is 14.2. The second-order valence-electron chi connectivity index (χ2n) is 4.31. The highest BCUT2D eigenvalue weighted by molar-refractivity contribution is 5.66. The average Bonchev–Trinajstić information content (AvgIpc) is 2.90. The van der Waals surface area contributed by atoms with E-state index in [0.717, 1.165) is 5.75 Å². The number of para-hydroxylation sites is 1. The molecule has 0 bridgehead atoms. The van der Waals surface area contributed by atoms with Gasteiger partial charge in [0.1, 0.15) is 5.75 Å². The summed E-state index contributed by atoms with van der Waals surface area (Å²) in [6.45, 7) is 0.253. The van der Waals surface area contributed by atoms with Crippen molar-refractivity contribution in [3.05, 3.63) is 42.0 Å². The van der Waals surface area contributed by atoms with E-state index in [1.807, 2.05) is 30.3 Å². The molecule has 0 saturated carbocycles. The minimum atomic E-state index is -0.785. The number of unbranched alkanes of at least 4 members (excludes halogenated alkanes) is 1. The van der Waals surface area contributed by atoms with Crippen LogP contribution in [0.25, 0.3) is 0 Å². The van der Waals surface area contributed by atoms with Crippen LogP contribution in [0.4, 0.5) is 0 Å². The van der Waals surface area contributed by atoms with Crippen LogP contribution in [0.1, 0.15) is 31.0 Å². The maximum Gasteiger partial charge on any atom is 0.303 e. The quantitative estimate of drug-likeness (QED) is 0.745. The van der Waals surface area contributed by atoms with E-state index in [-0.39, 0.29) is 13.0 Å². The van der Waals surface area contributed by atoms with Gasteiger partial charge >= 0.3 is 5.97 Å². The fourth-order valence-electron chi connectivity index (χ4n) is 1.67. The first-order valence-electron chi connectivity index (χ1n) is 6.45. The van der Waals surface area contributed by atoms with Crippen molar-refractivity contribution < 1.29 is 19.2 Å². The van der Waals surface area contributed by atoms with Crippen LogP contribution in [0.2, 0.25) is 0 Å². The lowest BCUT2D eigenvalue weighted by Crippen LogP contribution is -1.98. The lowest BCUT2D eigenvalue weighted by molar-refractivity contribution is -0.137. The minimum absolute atomic E-state index is 0.165. The van der Waals surface area contributed by atoms with Crippen LogP contribution in [0.15, 0.2) is 34.9 Å². The van der Waals surface area contributed by atoms with Crippen molar-refractivity contribution in [3.8, 4) is 5.75 Å². The number of carboxylic acids is 1. The molecule has 0 spiro atoms. The van der Waals surface area contributed by atoms with Crippen molar-refractivity contribution in [3.63, 3.8) is 0 Å². The van der Waals surface area contributed by atoms with Crippen LogP contribution >= 0.6 is 0 Å². The number of aryl methyl sites for hydroxylation is 1. The van der Waals surface area contributed by atoms with Crippen LogP contribution in [0.3, 0.4) is 0 Å². The summed E-state index contributed by atoms with van der Waals surface area (Å²) >= 11 is 0. The summed E-state index contributed by atoms with van der Waals surface area (Å²) in [6.07, 6.45) is 2.07. The second kappa shape index (κ2) is 7.28. The van der Waals surface area contributed by atoms with E-state index >= 15 is 0 Å². The van der Waals surface area contributed by atoms with Crippen LogP contribution in [0.5, 0.6) is 5.75 Å². The van der Waals surface area contributed by atoms with Gasteiger partial charge in [-0.05, 0) is 25.0 Å². The Balaban J connectivity index is 1.73. The molecule has 0 aliphatic heterocycles. The Morgan fingerprint density at radius 1 is 1.25 bits per heavy atom. The highest BCUT2D eigenvalue weighted by atomic mass is 16.5. The largest absolute Gasteiger partial charge is 0.485 e. The number of benzene rings is 1. The number of carbonyl (C=O) groups is 1. The fraction of sp³-hybridized carbons (Fsp3) is 0.357. The number of ether oxygens (including phenoxy) is 1. The average molecular weight is 276 g/mol. The molecule has 0 amide bonds. The maximum atomic E-state index is 10.4. The normalized spacial score (nSPS) is 10.4. The van der Waals surface area contributed by atoms with Crippen molar-refractivity contribution in [2.45, 2.75) is 32.3 Å². The Morgan fingerprint density at radius 2 is 2.05 bits per heavy atom. The molecule has 6 nitrogen and oxygen atoms in total. The molecule has 0 saturated heterocycles. The fourth-order valence-corrected chi connectivity index (χ4v) is 1.67. The van der Waals surface area contributed by atoms with E-state index < -0.39 is 5.97 Å². The topological polar surface area (TPSA) is 85.5 Å². The first-order valence-corrected chi connectivity index (χ1v) is 6.45. The van der Waals surface area contributed by atoms with Gasteiger partial charge in [0.15, 0.2) is 6.61 Å². The van der Waals surface area contributed by atoms with Crippen LogP contribution < -0.4 is 4.74 Å². The molecule has 0 radical (unpaired) electrons. The van der Waals surface area contributed by atoms with E-state index in [1.54, 1.807) is 0 Å². The third kappa shape index (κ3) is 4.72. The highest BCUT2D eigenvalue weighted by Gasteiger charge is 2.07. The van der Waals surface area contributed by atoms with Crippen molar-refractivity contribution in [2.24, 2.45) is 0 Å². The van der Waals surface area contributed by atoms with Crippen LogP contribution in [-0.2, 0) is 17.8 Å². The molecular weight excluding hydrogens is 260 g/mol. The Bertz CT molecular complexity index is 539. The number of hydrogen-bond acceptors (Lipinski definition) is 5. The number of rotatable bonds is 8. The van der Waals surface area contributed by atoms with Gasteiger partial charge in [-0.2, -0.15) is 4.98 Å². The summed E-state index contributed by atoms with van der Waals surface area (Å²) in [5.41, 5.74) is 0. The van der Waals surface area contributed by atoms with Gasteiger partial charge in [-0.15, -0.1) is 0 Å². The van der Waals surface area contributed by atoms with Crippen molar-refractivity contribution in [2.75, 3.05) is 0 Å². The molecule has 1 aromatic heterocycles. The summed E-state index contributed by atoms with van der Waals surface area (Å²) < 4.78 is 10.6. The monoisotopic (exact) mass is 276 g/mol. The predicted octanol–water partition coefficient (Wildman–Crippen LogP) is 2.45. The van der Waals surface area contributed by atoms with E-state index in [1.165, 1.54) is 0 Å².